The smallest absolute Gasteiger partial charge is 0.150 e. The SMILES string of the molecule is COc1ccc(C(N)=S)c(Nc2c(F)cc(Br)cc2F)c1. The van der Waals surface area contributed by atoms with E-state index < -0.39 is 11.6 Å². The average molecular weight is 373 g/mol. The Morgan fingerprint density at radius 2 is 1.86 bits per heavy atom. The molecule has 0 atom stereocenters. The number of methoxy groups -OCH3 is 1. The number of nitrogens with one attached hydrogen (secondary N) is 1. The van der Waals surface area contributed by atoms with Gasteiger partial charge in [-0.2, -0.15) is 0 Å². The van der Waals surface area contributed by atoms with Gasteiger partial charge in [0.05, 0.1) is 12.8 Å². The molecule has 0 saturated carbocycles. The molecule has 0 unspecified atom stereocenters. The number of ether oxygens (including phenoxy) is 1. The second-order valence-corrected chi connectivity index (χ2v) is 5.50. The van der Waals surface area contributed by atoms with E-state index >= 15 is 0 Å². The van der Waals surface area contributed by atoms with Crippen LogP contribution in [0, 0.1) is 11.6 Å². The first-order valence-electron chi connectivity index (χ1n) is 5.81. The number of rotatable bonds is 4. The fraction of sp³-hybridized carbons (Fsp3) is 0.0714. The van der Waals surface area contributed by atoms with E-state index in [9.17, 15) is 8.78 Å². The predicted octanol–water partition coefficient (Wildman–Crippen LogP) is 4.11. The molecular weight excluding hydrogens is 362 g/mol. The Hall–Kier alpha value is -1.73. The predicted molar refractivity (Wildman–Crippen MR) is 86.2 cm³/mol. The van der Waals surface area contributed by atoms with Crippen molar-refractivity contribution in [1.82, 2.24) is 0 Å². The van der Waals surface area contributed by atoms with E-state index in [-0.39, 0.29) is 10.7 Å². The number of hydrogen-bond donors (Lipinski definition) is 2. The Morgan fingerprint density at radius 1 is 1.24 bits per heavy atom. The number of halogens is 3. The lowest BCUT2D eigenvalue weighted by atomic mass is 10.1. The van der Waals surface area contributed by atoms with Gasteiger partial charge in [0.2, 0.25) is 0 Å². The maximum atomic E-state index is 13.9. The molecular formula is C14H11BrF2N2OS. The maximum Gasteiger partial charge on any atom is 0.150 e. The van der Waals surface area contributed by atoms with Gasteiger partial charge in [0.1, 0.15) is 16.4 Å². The molecule has 21 heavy (non-hydrogen) atoms. The van der Waals surface area contributed by atoms with Crippen molar-refractivity contribution in [1.29, 1.82) is 0 Å². The molecule has 0 amide bonds. The molecule has 0 aromatic heterocycles. The summed E-state index contributed by atoms with van der Waals surface area (Å²) in [5, 5.41) is 2.67. The highest BCUT2D eigenvalue weighted by Gasteiger charge is 2.14. The molecule has 0 heterocycles. The summed E-state index contributed by atoms with van der Waals surface area (Å²) < 4.78 is 33.2. The Bertz CT molecular complexity index is 686. The average Bonchev–Trinajstić information content (AvgIpc) is 2.42. The molecule has 2 aromatic rings. The third-order valence-electron chi connectivity index (χ3n) is 2.76. The topological polar surface area (TPSA) is 47.3 Å². The zero-order valence-corrected chi connectivity index (χ0v) is 13.3. The van der Waals surface area contributed by atoms with Crippen LogP contribution in [0.5, 0.6) is 5.75 Å². The van der Waals surface area contributed by atoms with Gasteiger partial charge in [-0.3, -0.25) is 0 Å². The van der Waals surface area contributed by atoms with E-state index in [1.54, 1.807) is 18.2 Å². The summed E-state index contributed by atoms with van der Waals surface area (Å²) in [7, 11) is 1.49. The highest BCUT2D eigenvalue weighted by Crippen LogP contribution is 2.30. The standard InChI is InChI=1S/C14H11BrF2N2OS/c1-20-8-2-3-9(14(18)21)12(6-8)19-13-10(16)4-7(15)5-11(13)17/h2-6,19H,1H3,(H2,18,21). The Morgan fingerprint density at radius 3 is 2.38 bits per heavy atom. The molecule has 0 fully saturated rings. The molecule has 0 aliphatic rings. The van der Waals surface area contributed by atoms with Crippen molar-refractivity contribution in [3.8, 4) is 5.75 Å². The zero-order valence-electron chi connectivity index (χ0n) is 10.9. The summed E-state index contributed by atoms with van der Waals surface area (Å²) in [6, 6.07) is 7.17. The first kappa shape index (κ1) is 15.7. The van der Waals surface area contributed by atoms with Crippen molar-refractivity contribution in [2.45, 2.75) is 0 Å². The normalized spacial score (nSPS) is 10.3. The van der Waals surface area contributed by atoms with E-state index in [4.69, 9.17) is 22.7 Å². The third-order valence-corrected chi connectivity index (χ3v) is 3.44. The van der Waals surface area contributed by atoms with Gasteiger partial charge in [0.25, 0.3) is 0 Å². The van der Waals surface area contributed by atoms with Gasteiger partial charge in [-0.1, -0.05) is 28.1 Å². The summed E-state index contributed by atoms with van der Waals surface area (Å²) in [6.07, 6.45) is 0. The highest BCUT2D eigenvalue weighted by atomic mass is 79.9. The second kappa shape index (κ2) is 6.36. The molecule has 0 saturated heterocycles. The van der Waals surface area contributed by atoms with Gasteiger partial charge in [-0.15, -0.1) is 0 Å². The lowest BCUT2D eigenvalue weighted by Gasteiger charge is -2.14. The van der Waals surface area contributed by atoms with E-state index in [1.807, 2.05) is 0 Å². The van der Waals surface area contributed by atoms with E-state index in [2.05, 4.69) is 21.2 Å². The van der Waals surface area contributed by atoms with Gasteiger partial charge in [-0.05, 0) is 24.3 Å². The maximum absolute atomic E-state index is 13.9. The zero-order chi connectivity index (χ0) is 15.6. The van der Waals surface area contributed by atoms with Crippen LogP contribution in [0.1, 0.15) is 5.56 Å². The van der Waals surface area contributed by atoms with Crippen LogP contribution in [0.4, 0.5) is 20.2 Å². The van der Waals surface area contributed by atoms with Crippen molar-refractivity contribution in [2.24, 2.45) is 5.73 Å². The molecule has 2 aromatic carbocycles. The molecule has 0 spiro atoms. The Kier molecular flexibility index (Phi) is 4.74. The second-order valence-electron chi connectivity index (χ2n) is 4.15. The lowest BCUT2D eigenvalue weighted by molar-refractivity contribution is 0.415. The number of hydrogen-bond acceptors (Lipinski definition) is 3. The number of thiocarbonyl (C=S) groups is 1. The lowest BCUT2D eigenvalue weighted by Crippen LogP contribution is -2.12. The van der Waals surface area contributed by atoms with Crippen LogP contribution in [0.3, 0.4) is 0 Å². The first-order valence-corrected chi connectivity index (χ1v) is 7.02. The number of anilines is 2. The fourth-order valence-corrected chi connectivity index (χ4v) is 2.34. The fourth-order valence-electron chi connectivity index (χ4n) is 1.76. The van der Waals surface area contributed by atoms with E-state index in [0.717, 1.165) is 12.1 Å². The molecule has 3 N–H and O–H groups in total. The summed E-state index contributed by atoms with van der Waals surface area (Å²) in [4.78, 5) is 0.109. The summed E-state index contributed by atoms with van der Waals surface area (Å²) in [6.45, 7) is 0. The van der Waals surface area contributed by atoms with Crippen molar-refractivity contribution < 1.29 is 13.5 Å². The minimum absolute atomic E-state index is 0.109. The van der Waals surface area contributed by atoms with Crippen molar-refractivity contribution in [3.05, 3.63) is 52.0 Å². The van der Waals surface area contributed by atoms with Gasteiger partial charge >= 0.3 is 0 Å². The molecule has 0 aliphatic carbocycles. The monoisotopic (exact) mass is 372 g/mol. The molecule has 110 valence electrons. The first-order chi connectivity index (χ1) is 9.92. The minimum atomic E-state index is -0.737. The molecule has 0 aliphatic heterocycles. The summed E-state index contributed by atoms with van der Waals surface area (Å²) in [5.74, 6) is -0.965. The molecule has 0 radical (unpaired) electrons. The van der Waals surface area contributed by atoms with E-state index in [1.165, 1.54) is 7.11 Å². The Labute approximate surface area is 134 Å². The van der Waals surface area contributed by atoms with Crippen LogP contribution in [0.15, 0.2) is 34.8 Å². The molecule has 2 rings (SSSR count). The van der Waals surface area contributed by atoms with Gasteiger partial charge in [-0.25, -0.2) is 8.78 Å². The highest BCUT2D eigenvalue weighted by molar-refractivity contribution is 9.10. The van der Waals surface area contributed by atoms with Crippen LogP contribution in [0.2, 0.25) is 0 Å². The van der Waals surface area contributed by atoms with Gasteiger partial charge in [0, 0.05) is 16.1 Å². The largest absolute Gasteiger partial charge is 0.497 e. The molecule has 3 nitrogen and oxygen atoms in total. The Balaban J connectivity index is 2.50. The number of nitrogens with two attached hydrogens (primary N) is 1. The van der Waals surface area contributed by atoms with Crippen LogP contribution in [-0.2, 0) is 0 Å². The van der Waals surface area contributed by atoms with Crippen LogP contribution in [0.25, 0.3) is 0 Å². The quantitative estimate of drug-likeness (QED) is 0.792. The van der Waals surface area contributed by atoms with Gasteiger partial charge < -0.3 is 15.8 Å². The summed E-state index contributed by atoms with van der Waals surface area (Å²) in [5.41, 5.74) is 6.16. The number of benzene rings is 2. The van der Waals surface area contributed by atoms with Crippen LogP contribution < -0.4 is 15.8 Å². The van der Waals surface area contributed by atoms with Gasteiger partial charge in [0.15, 0.2) is 11.6 Å². The summed E-state index contributed by atoms with van der Waals surface area (Å²) >= 11 is 7.96. The van der Waals surface area contributed by atoms with Crippen LogP contribution in [-0.4, -0.2) is 12.1 Å². The van der Waals surface area contributed by atoms with Crippen molar-refractivity contribution in [3.63, 3.8) is 0 Å². The molecule has 0 bridgehead atoms. The van der Waals surface area contributed by atoms with Crippen molar-refractivity contribution >= 4 is 44.5 Å². The third kappa shape index (κ3) is 3.48. The van der Waals surface area contributed by atoms with Crippen LogP contribution >= 0.6 is 28.1 Å². The minimum Gasteiger partial charge on any atom is -0.497 e. The van der Waals surface area contributed by atoms with Crippen molar-refractivity contribution in [2.75, 3.05) is 12.4 Å². The van der Waals surface area contributed by atoms with E-state index in [0.29, 0.717) is 21.5 Å². The molecule has 7 heteroatoms.